The zero-order valence-electron chi connectivity index (χ0n) is 10.9. The summed E-state index contributed by atoms with van der Waals surface area (Å²) in [6, 6.07) is 9.43. The molecule has 0 saturated heterocycles. The molecule has 0 aliphatic heterocycles. The van der Waals surface area contributed by atoms with Crippen molar-refractivity contribution in [3.05, 3.63) is 35.9 Å². The molecule has 1 N–H and O–H groups in total. The molecular formula is C13H17NO. The van der Waals surface area contributed by atoms with Crippen LogP contribution in [0.5, 0.6) is 0 Å². The maximum Gasteiger partial charge on any atom is 0.157 e. The SMILES string of the molecule is [2H]C1([2H])CCC[C@@](NC)(c2ccccc2)C1=O. The molecule has 0 bridgehead atoms. The summed E-state index contributed by atoms with van der Waals surface area (Å²) in [5.74, 6) is -0.343. The Morgan fingerprint density at radius 1 is 1.33 bits per heavy atom. The molecular weight excluding hydrogens is 186 g/mol. The molecule has 1 fully saturated rings. The number of likely N-dealkylation sites (N-methyl/N-ethyl adjacent to an activating group) is 1. The lowest BCUT2D eigenvalue weighted by atomic mass is 9.76. The summed E-state index contributed by atoms with van der Waals surface area (Å²) in [6.45, 7) is 0. The predicted molar refractivity (Wildman–Crippen MR) is 60.7 cm³/mol. The molecule has 2 nitrogen and oxygen atoms in total. The van der Waals surface area contributed by atoms with Crippen molar-refractivity contribution in [2.24, 2.45) is 0 Å². The molecule has 2 rings (SSSR count). The monoisotopic (exact) mass is 205 g/mol. The zero-order chi connectivity index (χ0) is 12.5. The number of ketones is 1. The van der Waals surface area contributed by atoms with E-state index < -0.39 is 11.9 Å². The van der Waals surface area contributed by atoms with Crippen LogP contribution in [0.4, 0.5) is 0 Å². The molecule has 80 valence electrons. The van der Waals surface area contributed by atoms with E-state index in [1.165, 1.54) is 0 Å². The number of hydrogen-bond acceptors (Lipinski definition) is 2. The van der Waals surface area contributed by atoms with Gasteiger partial charge in [0.05, 0.1) is 0 Å². The summed E-state index contributed by atoms with van der Waals surface area (Å²) in [7, 11) is 1.73. The highest BCUT2D eigenvalue weighted by atomic mass is 16.1. The lowest BCUT2D eigenvalue weighted by Gasteiger charge is -2.36. The molecule has 1 atom stereocenters. The number of nitrogens with one attached hydrogen (secondary N) is 1. The Hall–Kier alpha value is -1.15. The van der Waals surface area contributed by atoms with E-state index >= 15 is 0 Å². The van der Waals surface area contributed by atoms with Gasteiger partial charge in [-0.05, 0) is 25.5 Å². The minimum absolute atomic E-state index is 0.322. The fraction of sp³-hybridized carbons (Fsp3) is 0.462. The van der Waals surface area contributed by atoms with Crippen LogP contribution in [0.25, 0.3) is 0 Å². The van der Waals surface area contributed by atoms with Crippen molar-refractivity contribution in [2.45, 2.75) is 31.2 Å². The first kappa shape index (κ1) is 8.05. The van der Waals surface area contributed by atoms with E-state index in [1.54, 1.807) is 7.05 Å². The van der Waals surface area contributed by atoms with Gasteiger partial charge in [0, 0.05) is 9.11 Å². The van der Waals surface area contributed by atoms with Crippen LogP contribution < -0.4 is 5.32 Å². The van der Waals surface area contributed by atoms with Crippen LogP contribution in [0.15, 0.2) is 30.3 Å². The normalized spacial score (nSPS) is 31.9. The van der Waals surface area contributed by atoms with Crippen LogP contribution >= 0.6 is 0 Å². The lowest BCUT2D eigenvalue weighted by Crippen LogP contribution is -2.49. The van der Waals surface area contributed by atoms with Crippen molar-refractivity contribution in [3.63, 3.8) is 0 Å². The second kappa shape index (κ2) is 4.15. The minimum Gasteiger partial charge on any atom is -0.304 e. The minimum atomic E-state index is -1.73. The molecule has 2 heteroatoms. The van der Waals surface area contributed by atoms with Crippen LogP contribution in [0.1, 0.15) is 33.9 Å². The average molecular weight is 205 g/mol. The first-order valence-corrected chi connectivity index (χ1v) is 5.32. The first-order chi connectivity index (χ1) is 8.03. The van der Waals surface area contributed by atoms with Crippen molar-refractivity contribution in [3.8, 4) is 0 Å². The van der Waals surface area contributed by atoms with Gasteiger partial charge in [-0.1, -0.05) is 36.8 Å². The number of carbonyl (C=O) groups is 1. The van der Waals surface area contributed by atoms with E-state index in [0.717, 1.165) is 5.56 Å². The average Bonchev–Trinajstić information content (AvgIpc) is 2.34. The Balaban J connectivity index is 2.48. The van der Waals surface area contributed by atoms with Crippen LogP contribution in [0.3, 0.4) is 0 Å². The first-order valence-electron chi connectivity index (χ1n) is 6.32. The number of Topliss-reactive ketones (excluding diaryl/α,β-unsaturated/α-hetero) is 1. The van der Waals surface area contributed by atoms with E-state index in [4.69, 9.17) is 2.74 Å². The molecule has 1 aliphatic rings. The summed E-state index contributed by atoms with van der Waals surface area (Å²) in [6.07, 6.45) is -0.0282. The topological polar surface area (TPSA) is 29.1 Å². The fourth-order valence-corrected chi connectivity index (χ4v) is 2.20. The third-order valence-electron chi connectivity index (χ3n) is 3.10. The molecule has 15 heavy (non-hydrogen) atoms. The summed E-state index contributed by atoms with van der Waals surface area (Å²) in [5, 5.41) is 3.05. The molecule has 0 amide bonds. The molecule has 0 spiro atoms. The lowest BCUT2D eigenvalue weighted by molar-refractivity contribution is -0.127. The highest BCUT2D eigenvalue weighted by Gasteiger charge is 2.39. The summed E-state index contributed by atoms with van der Waals surface area (Å²) in [5.41, 5.74) is -0.000648. The van der Waals surface area contributed by atoms with E-state index in [0.29, 0.717) is 19.3 Å². The van der Waals surface area contributed by atoms with E-state index in [-0.39, 0.29) is 5.78 Å². The van der Waals surface area contributed by atoms with Gasteiger partial charge in [-0.2, -0.15) is 0 Å². The largest absolute Gasteiger partial charge is 0.304 e. The maximum atomic E-state index is 12.4. The molecule has 0 unspecified atom stereocenters. The standard InChI is InChI=1S/C13H17NO/c1-14-13(10-6-5-9-12(13)15)11-7-3-2-4-8-11/h2-4,7-8,14H,5-6,9-10H2,1H3/t13-/m1/s1/i9D2. The number of rotatable bonds is 2. The fourth-order valence-electron chi connectivity index (χ4n) is 2.20. The van der Waals surface area contributed by atoms with E-state index in [1.807, 2.05) is 30.3 Å². The number of carbonyl (C=O) groups excluding carboxylic acids is 1. The third kappa shape index (κ3) is 1.70. The van der Waals surface area contributed by atoms with Crippen LogP contribution in [-0.4, -0.2) is 12.8 Å². The van der Waals surface area contributed by atoms with Crippen LogP contribution in [0.2, 0.25) is 0 Å². The summed E-state index contributed by atoms with van der Waals surface area (Å²) < 4.78 is 15.6. The Labute approximate surface area is 93.5 Å². The maximum absolute atomic E-state index is 12.4. The highest BCUT2D eigenvalue weighted by molar-refractivity contribution is 5.90. The van der Waals surface area contributed by atoms with Gasteiger partial charge in [-0.15, -0.1) is 0 Å². The second-order valence-electron chi connectivity index (χ2n) is 3.88. The Kier molecular flexibility index (Phi) is 2.23. The van der Waals surface area contributed by atoms with Crippen molar-refractivity contribution in [1.82, 2.24) is 5.32 Å². The highest BCUT2D eigenvalue weighted by Crippen LogP contribution is 2.33. The zero-order valence-corrected chi connectivity index (χ0v) is 8.92. The van der Waals surface area contributed by atoms with Crippen LogP contribution in [-0.2, 0) is 10.3 Å². The van der Waals surface area contributed by atoms with Crippen molar-refractivity contribution in [2.75, 3.05) is 7.05 Å². The molecule has 1 aliphatic carbocycles. The number of benzene rings is 1. The van der Waals surface area contributed by atoms with Crippen molar-refractivity contribution >= 4 is 5.78 Å². The Bertz CT molecular complexity index is 419. The Morgan fingerprint density at radius 2 is 2.07 bits per heavy atom. The molecule has 0 radical (unpaired) electrons. The quantitative estimate of drug-likeness (QED) is 0.802. The van der Waals surface area contributed by atoms with Crippen molar-refractivity contribution in [1.29, 1.82) is 0 Å². The van der Waals surface area contributed by atoms with Gasteiger partial charge in [-0.25, -0.2) is 0 Å². The van der Waals surface area contributed by atoms with E-state index in [9.17, 15) is 4.79 Å². The van der Waals surface area contributed by atoms with Gasteiger partial charge in [0.2, 0.25) is 0 Å². The Morgan fingerprint density at radius 3 is 2.73 bits per heavy atom. The summed E-state index contributed by atoms with van der Waals surface area (Å²) >= 11 is 0. The molecule has 0 heterocycles. The molecule has 1 saturated carbocycles. The van der Waals surface area contributed by atoms with Crippen molar-refractivity contribution < 1.29 is 7.54 Å². The number of hydrogen-bond donors (Lipinski definition) is 1. The predicted octanol–water partition coefficient (Wildman–Crippen LogP) is 2.24. The molecule has 1 aromatic rings. The van der Waals surface area contributed by atoms with Gasteiger partial charge in [0.1, 0.15) is 5.54 Å². The second-order valence-corrected chi connectivity index (χ2v) is 3.88. The van der Waals surface area contributed by atoms with Gasteiger partial charge < -0.3 is 5.32 Å². The smallest absolute Gasteiger partial charge is 0.157 e. The molecule has 1 aromatic carbocycles. The van der Waals surface area contributed by atoms with Gasteiger partial charge in [0.15, 0.2) is 5.78 Å². The molecule has 0 aromatic heterocycles. The van der Waals surface area contributed by atoms with Gasteiger partial charge >= 0.3 is 0 Å². The van der Waals surface area contributed by atoms with Gasteiger partial charge in [0.25, 0.3) is 0 Å². The van der Waals surface area contributed by atoms with E-state index in [2.05, 4.69) is 5.32 Å². The summed E-state index contributed by atoms with van der Waals surface area (Å²) in [4.78, 5) is 12.4. The van der Waals surface area contributed by atoms with Crippen LogP contribution in [0, 0.1) is 0 Å². The third-order valence-corrected chi connectivity index (χ3v) is 3.10. The van der Waals surface area contributed by atoms with Gasteiger partial charge in [-0.3, -0.25) is 4.79 Å².